The van der Waals surface area contributed by atoms with E-state index in [0.717, 1.165) is 12.8 Å². The zero-order valence-corrected chi connectivity index (χ0v) is 16.9. The zero-order chi connectivity index (χ0) is 19.1. The van der Waals surface area contributed by atoms with Gasteiger partial charge in [0.25, 0.3) is 5.91 Å². The molecule has 1 aliphatic heterocycles. The Hall–Kier alpha value is -1.55. The number of nitrogens with zero attached hydrogens (tertiary/aromatic N) is 1. The van der Waals surface area contributed by atoms with Crippen LogP contribution in [0.1, 0.15) is 63.2 Å². The summed E-state index contributed by atoms with van der Waals surface area (Å²) in [5.41, 5.74) is 0.538. The topological polar surface area (TPSA) is 49.4 Å². The van der Waals surface area contributed by atoms with Crippen molar-refractivity contribution in [1.29, 1.82) is 0 Å². The molecule has 144 valence electrons. The van der Waals surface area contributed by atoms with Crippen molar-refractivity contribution in [2.75, 3.05) is 13.1 Å². The molecule has 1 aliphatic rings. The van der Waals surface area contributed by atoms with Gasteiger partial charge in [-0.2, -0.15) is 0 Å². The quantitative estimate of drug-likeness (QED) is 0.758. The summed E-state index contributed by atoms with van der Waals surface area (Å²) in [6.07, 6.45) is 4.78. The van der Waals surface area contributed by atoms with Crippen LogP contribution in [0, 0.1) is 11.8 Å². The van der Waals surface area contributed by atoms with Crippen molar-refractivity contribution in [3.63, 3.8) is 0 Å². The normalized spacial score (nSPS) is 16.6. The molecule has 1 N–H and O–H groups in total. The molecule has 1 aromatic carbocycles. The van der Waals surface area contributed by atoms with Crippen molar-refractivity contribution < 1.29 is 9.59 Å². The van der Waals surface area contributed by atoms with E-state index < -0.39 is 0 Å². The third-order valence-corrected chi connectivity index (χ3v) is 5.39. The maximum Gasteiger partial charge on any atom is 0.255 e. The Morgan fingerprint density at radius 2 is 1.81 bits per heavy atom. The molecule has 2 rings (SSSR count). The lowest BCUT2D eigenvalue weighted by Crippen LogP contribution is -2.44. The molecule has 0 aromatic heterocycles. The van der Waals surface area contributed by atoms with E-state index in [1.54, 1.807) is 17.0 Å². The van der Waals surface area contributed by atoms with E-state index in [1.165, 1.54) is 6.42 Å². The number of rotatable bonds is 7. The van der Waals surface area contributed by atoms with Gasteiger partial charge in [0, 0.05) is 25.0 Å². The number of hydrogen-bond acceptors (Lipinski definition) is 2. The van der Waals surface area contributed by atoms with Crippen molar-refractivity contribution >= 4 is 23.4 Å². The summed E-state index contributed by atoms with van der Waals surface area (Å²) in [4.78, 5) is 26.9. The molecule has 5 heteroatoms. The lowest BCUT2D eigenvalue weighted by molar-refractivity contribution is -0.126. The van der Waals surface area contributed by atoms with Crippen molar-refractivity contribution in [2.45, 2.75) is 58.9 Å². The maximum atomic E-state index is 12.6. The molecular formula is C21H31ClN2O2. The molecule has 2 amide bonds. The van der Waals surface area contributed by atoms with Crippen LogP contribution >= 0.6 is 11.6 Å². The van der Waals surface area contributed by atoms with Gasteiger partial charge in [0.1, 0.15) is 0 Å². The minimum Gasteiger partial charge on any atom is -0.353 e. The van der Waals surface area contributed by atoms with Gasteiger partial charge in [-0.1, -0.05) is 50.4 Å². The van der Waals surface area contributed by atoms with Crippen LogP contribution in [0.3, 0.4) is 0 Å². The van der Waals surface area contributed by atoms with Crippen molar-refractivity contribution in [2.24, 2.45) is 11.8 Å². The Morgan fingerprint density at radius 3 is 2.42 bits per heavy atom. The Labute approximate surface area is 162 Å². The van der Waals surface area contributed by atoms with Crippen LogP contribution in [0.25, 0.3) is 0 Å². The van der Waals surface area contributed by atoms with E-state index in [2.05, 4.69) is 26.1 Å². The van der Waals surface area contributed by atoms with Gasteiger partial charge in [0.05, 0.1) is 10.6 Å². The number of nitrogens with one attached hydrogen (secondary N) is 1. The summed E-state index contributed by atoms with van der Waals surface area (Å²) in [5, 5.41) is 3.62. The standard InChI is InChI=1S/C21H31ClN2O2/c1-15(2)7-6-8-16(3)23-20(25)17-11-13-24(14-12-17)21(26)18-9-4-5-10-19(18)22/h4-5,9-10,15-17H,6-8,11-14H2,1-3H3,(H,23,25). The fourth-order valence-corrected chi connectivity index (χ4v) is 3.63. The summed E-state index contributed by atoms with van der Waals surface area (Å²) in [7, 11) is 0. The van der Waals surface area contributed by atoms with Crippen LogP contribution in [-0.4, -0.2) is 35.8 Å². The van der Waals surface area contributed by atoms with Crippen LogP contribution in [0.4, 0.5) is 0 Å². The number of amides is 2. The Balaban J connectivity index is 1.78. The maximum absolute atomic E-state index is 12.6. The van der Waals surface area contributed by atoms with Gasteiger partial charge >= 0.3 is 0 Å². The highest BCUT2D eigenvalue weighted by atomic mass is 35.5. The van der Waals surface area contributed by atoms with E-state index in [-0.39, 0.29) is 23.8 Å². The second-order valence-corrected chi connectivity index (χ2v) is 8.19. The highest BCUT2D eigenvalue weighted by Gasteiger charge is 2.28. The Bertz CT molecular complexity index is 610. The molecule has 1 aromatic rings. The third-order valence-electron chi connectivity index (χ3n) is 5.06. The zero-order valence-electron chi connectivity index (χ0n) is 16.1. The first kappa shape index (κ1) is 20.8. The average molecular weight is 379 g/mol. The monoisotopic (exact) mass is 378 g/mol. The van der Waals surface area contributed by atoms with Gasteiger partial charge in [-0.05, 0) is 44.2 Å². The summed E-state index contributed by atoms with van der Waals surface area (Å²) < 4.78 is 0. The van der Waals surface area contributed by atoms with Crippen LogP contribution in [0.5, 0.6) is 0 Å². The molecule has 1 heterocycles. The number of benzene rings is 1. The summed E-state index contributed by atoms with van der Waals surface area (Å²) in [6.45, 7) is 7.73. The fourth-order valence-electron chi connectivity index (χ4n) is 3.41. The first-order valence-corrected chi connectivity index (χ1v) is 10.1. The second-order valence-electron chi connectivity index (χ2n) is 7.78. The minimum absolute atomic E-state index is 0.00200. The van der Waals surface area contributed by atoms with Crippen molar-refractivity contribution in [3.8, 4) is 0 Å². The van der Waals surface area contributed by atoms with E-state index in [0.29, 0.717) is 42.4 Å². The first-order valence-electron chi connectivity index (χ1n) is 9.72. The van der Waals surface area contributed by atoms with E-state index in [9.17, 15) is 9.59 Å². The molecule has 0 saturated carbocycles. The molecule has 4 nitrogen and oxygen atoms in total. The molecule has 0 spiro atoms. The minimum atomic E-state index is -0.0449. The Morgan fingerprint density at radius 1 is 1.15 bits per heavy atom. The Kier molecular flexibility index (Phi) is 7.95. The summed E-state index contributed by atoms with van der Waals surface area (Å²) in [5.74, 6) is 0.791. The molecule has 1 saturated heterocycles. The number of likely N-dealkylation sites (tertiary alicyclic amines) is 1. The van der Waals surface area contributed by atoms with Gasteiger partial charge in [-0.15, -0.1) is 0 Å². The lowest BCUT2D eigenvalue weighted by Gasteiger charge is -2.32. The molecule has 1 fully saturated rings. The number of carbonyl (C=O) groups is 2. The van der Waals surface area contributed by atoms with E-state index >= 15 is 0 Å². The molecule has 1 atom stereocenters. The van der Waals surface area contributed by atoms with Crippen molar-refractivity contribution in [1.82, 2.24) is 10.2 Å². The van der Waals surface area contributed by atoms with Crippen molar-refractivity contribution in [3.05, 3.63) is 34.9 Å². The molecule has 0 radical (unpaired) electrons. The predicted molar refractivity (Wildman–Crippen MR) is 106 cm³/mol. The molecule has 0 bridgehead atoms. The van der Waals surface area contributed by atoms with Gasteiger partial charge in [0.15, 0.2) is 0 Å². The highest BCUT2D eigenvalue weighted by molar-refractivity contribution is 6.33. The molecule has 1 unspecified atom stereocenters. The number of carbonyl (C=O) groups excluding carboxylic acids is 2. The van der Waals surface area contributed by atoms with Gasteiger partial charge in [-0.3, -0.25) is 9.59 Å². The van der Waals surface area contributed by atoms with Crippen LogP contribution in [-0.2, 0) is 4.79 Å². The van der Waals surface area contributed by atoms with Gasteiger partial charge < -0.3 is 10.2 Å². The molecule has 0 aliphatic carbocycles. The van der Waals surface area contributed by atoms with Gasteiger partial charge in [0.2, 0.25) is 5.91 Å². The second kappa shape index (κ2) is 9.96. The number of piperidine rings is 1. The summed E-state index contributed by atoms with van der Waals surface area (Å²) >= 11 is 6.12. The third kappa shape index (κ3) is 6.01. The number of halogens is 1. The van der Waals surface area contributed by atoms with Gasteiger partial charge in [-0.25, -0.2) is 0 Å². The average Bonchev–Trinajstić information content (AvgIpc) is 2.61. The largest absolute Gasteiger partial charge is 0.353 e. The lowest BCUT2D eigenvalue weighted by atomic mass is 9.94. The molecular weight excluding hydrogens is 348 g/mol. The van der Waals surface area contributed by atoms with Crippen LogP contribution < -0.4 is 5.32 Å². The van der Waals surface area contributed by atoms with E-state index in [1.807, 2.05) is 12.1 Å². The number of hydrogen-bond donors (Lipinski definition) is 1. The highest BCUT2D eigenvalue weighted by Crippen LogP contribution is 2.22. The van der Waals surface area contributed by atoms with Crippen LogP contribution in [0.2, 0.25) is 5.02 Å². The van der Waals surface area contributed by atoms with E-state index in [4.69, 9.17) is 11.6 Å². The SMILES string of the molecule is CC(C)CCCC(C)NC(=O)C1CCN(C(=O)c2ccccc2Cl)CC1. The predicted octanol–water partition coefficient (Wildman–Crippen LogP) is 4.52. The first-order chi connectivity index (χ1) is 12.4. The molecule has 26 heavy (non-hydrogen) atoms. The smallest absolute Gasteiger partial charge is 0.255 e. The van der Waals surface area contributed by atoms with Crippen LogP contribution in [0.15, 0.2) is 24.3 Å². The fraction of sp³-hybridized carbons (Fsp3) is 0.619. The summed E-state index contributed by atoms with van der Waals surface area (Å²) in [6, 6.07) is 7.33.